The Morgan fingerprint density at radius 3 is 1.91 bits per heavy atom. The highest BCUT2D eigenvalue weighted by molar-refractivity contribution is 6.46. The van der Waals surface area contributed by atoms with Gasteiger partial charge < -0.3 is 24.3 Å². The predicted molar refractivity (Wildman–Crippen MR) is 129 cm³/mol. The third-order valence-corrected chi connectivity index (χ3v) is 5.39. The molecule has 1 N–H and O–H groups in total. The Morgan fingerprint density at radius 1 is 0.676 bits per heavy atom. The average molecular weight is 460 g/mol. The number of hydrogen-bond acceptors (Lipinski definition) is 7. The maximum Gasteiger partial charge on any atom is 0.282 e. The fraction of sp³-hybridized carbons (Fsp3) is 0.154. The molecule has 0 saturated carbocycles. The molecule has 3 aromatic rings. The van der Waals surface area contributed by atoms with Crippen LogP contribution in [-0.2, 0) is 9.59 Å². The lowest BCUT2D eigenvalue weighted by Gasteiger charge is -2.15. The smallest absolute Gasteiger partial charge is 0.282 e. The zero-order chi connectivity index (χ0) is 24.2. The molecule has 0 spiro atoms. The fourth-order valence-corrected chi connectivity index (χ4v) is 3.74. The van der Waals surface area contributed by atoms with E-state index in [1.807, 2.05) is 6.07 Å². The molecule has 8 heteroatoms. The molecule has 0 radical (unpaired) electrons. The van der Waals surface area contributed by atoms with E-state index in [0.29, 0.717) is 39.9 Å². The van der Waals surface area contributed by atoms with Crippen LogP contribution in [0.1, 0.15) is 5.56 Å². The van der Waals surface area contributed by atoms with E-state index in [9.17, 15) is 9.59 Å². The molecule has 1 aliphatic rings. The molecule has 1 heterocycles. The van der Waals surface area contributed by atoms with E-state index in [1.54, 1.807) is 60.7 Å². The summed E-state index contributed by atoms with van der Waals surface area (Å²) in [5.74, 6) is 1.08. The van der Waals surface area contributed by atoms with Crippen molar-refractivity contribution in [2.75, 3.05) is 38.7 Å². The van der Waals surface area contributed by atoms with E-state index in [-0.39, 0.29) is 11.3 Å². The molecule has 0 bridgehead atoms. The third kappa shape index (κ3) is 4.13. The van der Waals surface area contributed by atoms with Gasteiger partial charge in [0.2, 0.25) is 0 Å². The third-order valence-electron chi connectivity index (χ3n) is 5.39. The van der Waals surface area contributed by atoms with Crippen molar-refractivity contribution in [1.82, 2.24) is 0 Å². The molecule has 34 heavy (non-hydrogen) atoms. The molecular formula is C26H24N2O6. The van der Waals surface area contributed by atoms with Gasteiger partial charge in [0, 0.05) is 23.9 Å². The van der Waals surface area contributed by atoms with Crippen molar-refractivity contribution >= 4 is 28.8 Å². The molecule has 0 fully saturated rings. The number of ether oxygens (including phenoxy) is 4. The van der Waals surface area contributed by atoms with E-state index >= 15 is 0 Å². The highest BCUT2D eigenvalue weighted by atomic mass is 16.5. The van der Waals surface area contributed by atoms with Crippen LogP contribution in [0.3, 0.4) is 0 Å². The Hall–Kier alpha value is -4.46. The van der Waals surface area contributed by atoms with Gasteiger partial charge in [0.25, 0.3) is 11.8 Å². The van der Waals surface area contributed by atoms with Crippen molar-refractivity contribution in [3.8, 4) is 23.0 Å². The summed E-state index contributed by atoms with van der Waals surface area (Å²) in [6.45, 7) is 0. The minimum Gasteiger partial charge on any atom is -0.497 e. The van der Waals surface area contributed by atoms with Crippen LogP contribution in [0.15, 0.2) is 72.4 Å². The van der Waals surface area contributed by atoms with Gasteiger partial charge in [-0.25, -0.2) is 4.90 Å². The number of anilines is 2. The Balaban J connectivity index is 1.86. The molecule has 3 aromatic carbocycles. The number of imide groups is 1. The fourth-order valence-electron chi connectivity index (χ4n) is 3.74. The molecule has 0 saturated heterocycles. The molecule has 2 amide bonds. The van der Waals surface area contributed by atoms with Crippen molar-refractivity contribution < 1.29 is 28.5 Å². The molecule has 0 aliphatic carbocycles. The lowest BCUT2D eigenvalue weighted by Crippen LogP contribution is -2.32. The molecular weight excluding hydrogens is 436 g/mol. The van der Waals surface area contributed by atoms with Crippen LogP contribution >= 0.6 is 0 Å². The van der Waals surface area contributed by atoms with Crippen LogP contribution < -0.4 is 29.2 Å². The predicted octanol–water partition coefficient (Wildman–Crippen LogP) is 4.12. The average Bonchev–Trinajstić information content (AvgIpc) is 3.12. The van der Waals surface area contributed by atoms with Gasteiger partial charge in [-0.15, -0.1) is 0 Å². The van der Waals surface area contributed by atoms with Crippen molar-refractivity contribution in [2.45, 2.75) is 0 Å². The molecule has 0 aromatic heterocycles. The van der Waals surface area contributed by atoms with E-state index in [2.05, 4.69) is 5.32 Å². The maximum atomic E-state index is 13.6. The van der Waals surface area contributed by atoms with Crippen molar-refractivity contribution in [3.05, 3.63) is 78.0 Å². The normalized spacial score (nSPS) is 13.2. The Morgan fingerprint density at radius 2 is 1.32 bits per heavy atom. The van der Waals surface area contributed by atoms with Gasteiger partial charge in [-0.3, -0.25) is 9.59 Å². The molecule has 0 unspecified atom stereocenters. The summed E-state index contributed by atoms with van der Waals surface area (Å²) in [6, 6.07) is 19.0. The lowest BCUT2D eigenvalue weighted by atomic mass is 10.0. The molecule has 8 nitrogen and oxygen atoms in total. The van der Waals surface area contributed by atoms with E-state index in [1.165, 1.54) is 28.4 Å². The van der Waals surface area contributed by atoms with Crippen molar-refractivity contribution in [1.29, 1.82) is 0 Å². The molecule has 0 atom stereocenters. The van der Waals surface area contributed by atoms with E-state index in [4.69, 9.17) is 18.9 Å². The lowest BCUT2D eigenvalue weighted by molar-refractivity contribution is -0.120. The highest BCUT2D eigenvalue weighted by Gasteiger charge is 2.40. The van der Waals surface area contributed by atoms with Gasteiger partial charge in [0.1, 0.15) is 17.2 Å². The first kappa shape index (κ1) is 22.7. The minimum absolute atomic E-state index is 0.122. The second-order valence-corrected chi connectivity index (χ2v) is 7.33. The second kappa shape index (κ2) is 9.58. The number of nitrogens with one attached hydrogen (secondary N) is 1. The van der Waals surface area contributed by atoms with Gasteiger partial charge in [-0.2, -0.15) is 0 Å². The first-order valence-corrected chi connectivity index (χ1v) is 10.4. The van der Waals surface area contributed by atoms with Crippen LogP contribution in [0, 0.1) is 0 Å². The SMILES string of the molecule is COc1cc(NC2=C(c3ccc(OC)c(OC)c3)C(=O)N(c3ccccc3)C2=O)cc(OC)c1. The molecule has 1 aliphatic heterocycles. The summed E-state index contributed by atoms with van der Waals surface area (Å²) in [5, 5.41) is 3.12. The number of rotatable bonds is 8. The number of nitrogens with zero attached hydrogens (tertiary/aromatic N) is 1. The van der Waals surface area contributed by atoms with Crippen LogP contribution in [0.5, 0.6) is 23.0 Å². The van der Waals surface area contributed by atoms with Crippen LogP contribution in [-0.4, -0.2) is 40.3 Å². The standard InChI is InChI=1S/C26H24N2O6/c1-31-19-13-17(14-20(15-19)32-2)27-24-23(16-10-11-21(33-3)22(12-16)34-4)25(29)28(26(24)30)18-8-6-5-7-9-18/h5-15,27H,1-4H3. The summed E-state index contributed by atoms with van der Waals surface area (Å²) >= 11 is 0. The zero-order valence-electron chi connectivity index (χ0n) is 19.2. The number of amides is 2. The first-order valence-electron chi connectivity index (χ1n) is 10.4. The number of methoxy groups -OCH3 is 4. The van der Waals surface area contributed by atoms with Crippen LogP contribution in [0.4, 0.5) is 11.4 Å². The summed E-state index contributed by atoms with van der Waals surface area (Å²) in [5.41, 5.74) is 1.83. The summed E-state index contributed by atoms with van der Waals surface area (Å²) < 4.78 is 21.4. The Labute approximate surface area is 197 Å². The first-order chi connectivity index (χ1) is 16.5. The summed E-state index contributed by atoms with van der Waals surface area (Å²) in [6.07, 6.45) is 0. The van der Waals surface area contributed by atoms with E-state index < -0.39 is 11.8 Å². The summed E-state index contributed by atoms with van der Waals surface area (Å²) in [7, 11) is 6.11. The molecule has 174 valence electrons. The Bertz CT molecular complexity index is 1250. The van der Waals surface area contributed by atoms with Crippen molar-refractivity contribution in [3.63, 3.8) is 0 Å². The maximum absolute atomic E-state index is 13.6. The number of carbonyl (C=O) groups excluding carboxylic acids is 2. The van der Waals surface area contributed by atoms with Gasteiger partial charge in [0.15, 0.2) is 11.5 Å². The second-order valence-electron chi connectivity index (χ2n) is 7.33. The number of benzene rings is 3. The topological polar surface area (TPSA) is 86.3 Å². The van der Waals surface area contributed by atoms with Gasteiger partial charge in [-0.1, -0.05) is 24.3 Å². The van der Waals surface area contributed by atoms with Gasteiger partial charge >= 0.3 is 0 Å². The minimum atomic E-state index is -0.484. The quantitative estimate of drug-likeness (QED) is 0.506. The van der Waals surface area contributed by atoms with Gasteiger partial charge in [0.05, 0.1) is 39.7 Å². The monoisotopic (exact) mass is 460 g/mol. The molecule has 4 rings (SSSR count). The number of para-hydroxylation sites is 1. The number of carbonyl (C=O) groups is 2. The number of hydrogen-bond donors (Lipinski definition) is 1. The summed E-state index contributed by atoms with van der Waals surface area (Å²) in [4.78, 5) is 28.3. The zero-order valence-corrected chi connectivity index (χ0v) is 19.2. The largest absolute Gasteiger partial charge is 0.497 e. The van der Waals surface area contributed by atoms with E-state index in [0.717, 1.165) is 4.90 Å². The highest BCUT2D eigenvalue weighted by Crippen LogP contribution is 2.38. The van der Waals surface area contributed by atoms with Gasteiger partial charge in [-0.05, 0) is 29.8 Å². The Kier molecular flexibility index (Phi) is 6.40. The van der Waals surface area contributed by atoms with Crippen molar-refractivity contribution in [2.24, 2.45) is 0 Å². The van der Waals surface area contributed by atoms with Crippen LogP contribution in [0.2, 0.25) is 0 Å². The van der Waals surface area contributed by atoms with Crippen LogP contribution in [0.25, 0.3) is 5.57 Å².